The number of hydrogen-bond donors (Lipinski definition) is 0. The molecule has 0 spiro atoms. The van der Waals surface area contributed by atoms with Gasteiger partial charge in [0, 0.05) is 61.4 Å². The third-order valence-electron chi connectivity index (χ3n) is 3.71. The molecule has 1 aromatic carbocycles. The van der Waals surface area contributed by atoms with Crippen LogP contribution in [0.1, 0.15) is 5.82 Å². The van der Waals surface area contributed by atoms with Gasteiger partial charge in [-0.15, -0.1) is 0 Å². The Morgan fingerprint density at radius 1 is 1.23 bits per heavy atom. The Labute approximate surface area is 143 Å². The second-order valence-electron chi connectivity index (χ2n) is 5.19. The van der Waals surface area contributed by atoms with E-state index in [0.29, 0.717) is 6.61 Å². The number of hydrogen-bond acceptors (Lipinski definition) is 6. The summed E-state index contributed by atoms with van der Waals surface area (Å²) in [6.07, 6.45) is 0.783. The van der Waals surface area contributed by atoms with Gasteiger partial charge in [0.05, 0.1) is 6.61 Å². The highest BCUT2D eigenvalue weighted by Crippen LogP contribution is 2.24. The highest BCUT2D eigenvalue weighted by Gasteiger charge is 2.20. The van der Waals surface area contributed by atoms with Crippen molar-refractivity contribution in [3.63, 3.8) is 0 Å². The maximum atomic E-state index is 5.07. The molecule has 1 fully saturated rings. The number of nitrogens with zero attached hydrogens (tertiary/aromatic N) is 4. The number of aromatic nitrogens is 2. The van der Waals surface area contributed by atoms with Gasteiger partial charge in [-0.1, -0.05) is 22.0 Å². The van der Waals surface area contributed by atoms with Crippen molar-refractivity contribution in [3.8, 4) is 0 Å². The monoisotopic (exact) mass is 382 g/mol. The fraction of sp³-hybridized carbons (Fsp3) is 0.467. The maximum absolute atomic E-state index is 5.07. The number of halogens is 1. The average molecular weight is 383 g/mol. The van der Waals surface area contributed by atoms with E-state index in [1.54, 1.807) is 7.11 Å². The van der Waals surface area contributed by atoms with Crippen LogP contribution in [0.4, 0.5) is 10.8 Å². The first kappa shape index (κ1) is 15.7. The molecule has 1 saturated heterocycles. The van der Waals surface area contributed by atoms with Crippen molar-refractivity contribution < 1.29 is 4.74 Å². The van der Waals surface area contributed by atoms with Gasteiger partial charge in [-0.25, -0.2) is 4.98 Å². The first-order valence-corrected chi connectivity index (χ1v) is 8.90. The summed E-state index contributed by atoms with van der Waals surface area (Å²) >= 11 is 5.03. The summed E-state index contributed by atoms with van der Waals surface area (Å²) < 4.78 is 10.6. The minimum atomic E-state index is 0.673. The van der Waals surface area contributed by atoms with Crippen LogP contribution in [0.2, 0.25) is 0 Å². The van der Waals surface area contributed by atoms with Crippen LogP contribution in [0.3, 0.4) is 0 Å². The van der Waals surface area contributed by atoms with E-state index in [0.717, 1.165) is 48.0 Å². The van der Waals surface area contributed by atoms with Crippen molar-refractivity contribution in [2.45, 2.75) is 6.42 Å². The molecule has 2 aromatic rings. The average Bonchev–Trinajstić information content (AvgIpc) is 3.02. The summed E-state index contributed by atoms with van der Waals surface area (Å²) in [6, 6.07) is 8.47. The van der Waals surface area contributed by atoms with Crippen LogP contribution < -0.4 is 9.80 Å². The van der Waals surface area contributed by atoms with E-state index in [2.05, 4.69) is 59.4 Å². The Morgan fingerprint density at radius 3 is 2.73 bits per heavy atom. The topological polar surface area (TPSA) is 41.5 Å². The van der Waals surface area contributed by atoms with Crippen LogP contribution in [0, 0.1) is 0 Å². The minimum absolute atomic E-state index is 0.673. The SMILES string of the molecule is COCCc1nsc(N2CCN(c3cccc(Br)c3)CC2)n1. The predicted molar refractivity (Wildman–Crippen MR) is 94.1 cm³/mol. The van der Waals surface area contributed by atoms with Crippen LogP contribution in [0.15, 0.2) is 28.7 Å². The zero-order chi connectivity index (χ0) is 15.4. The van der Waals surface area contributed by atoms with Gasteiger partial charge in [-0.2, -0.15) is 4.37 Å². The molecule has 7 heteroatoms. The van der Waals surface area contributed by atoms with Crippen molar-refractivity contribution in [2.24, 2.45) is 0 Å². The molecule has 3 rings (SSSR count). The van der Waals surface area contributed by atoms with Crippen LogP contribution in [0.25, 0.3) is 0 Å². The first-order valence-electron chi connectivity index (χ1n) is 7.33. The van der Waals surface area contributed by atoms with E-state index in [9.17, 15) is 0 Å². The number of rotatable bonds is 5. The molecule has 22 heavy (non-hydrogen) atoms. The molecule has 118 valence electrons. The molecule has 1 aromatic heterocycles. The number of methoxy groups -OCH3 is 1. The first-order chi connectivity index (χ1) is 10.8. The maximum Gasteiger partial charge on any atom is 0.205 e. The number of benzene rings is 1. The molecule has 0 bridgehead atoms. The molecule has 0 amide bonds. The standard InChI is InChI=1S/C15H19BrN4OS/c1-21-10-5-14-17-15(22-18-14)20-8-6-19(7-9-20)13-4-2-3-12(16)11-13/h2-4,11H,5-10H2,1H3. The van der Waals surface area contributed by atoms with E-state index in [4.69, 9.17) is 4.74 Å². The molecule has 5 nitrogen and oxygen atoms in total. The fourth-order valence-corrected chi connectivity index (χ4v) is 3.65. The van der Waals surface area contributed by atoms with Gasteiger partial charge in [-0.05, 0) is 18.2 Å². The van der Waals surface area contributed by atoms with Crippen LogP contribution in [0.5, 0.6) is 0 Å². The Balaban J connectivity index is 1.58. The molecule has 1 aliphatic heterocycles. The minimum Gasteiger partial charge on any atom is -0.384 e. The predicted octanol–water partition coefficient (Wildman–Crippen LogP) is 2.82. The highest BCUT2D eigenvalue weighted by atomic mass is 79.9. The molecule has 2 heterocycles. The van der Waals surface area contributed by atoms with Crippen LogP contribution >= 0.6 is 27.5 Å². The molecule has 0 aliphatic carbocycles. The van der Waals surface area contributed by atoms with Crippen molar-refractivity contribution in [3.05, 3.63) is 34.6 Å². The molecule has 0 radical (unpaired) electrons. The summed E-state index contributed by atoms with van der Waals surface area (Å²) in [4.78, 5) is 9.34. The largest absolute Gasteiger partial charge is 0.384 e. The summed E-state index contributed by atoms with van der Waals surface area (Å²) in [6.45, 7) is 4.64. The van der Waals surface area contributed by atoms with Gasteiger partial charge in [0.25, 0.3) is 0 Å². The fourth-order valence-electron chi connectivity index (χ4n) is 2.50. The van der Waals surface area contributed by atoms with Crippen molar-refractivity contribution in [1.29, 1.82) is 0 Å². The lowest BCUT2D eigenvalue weighted by molar-refractivity contribution is 0.201. The Morgan fingerprint density at radius 2 is 2.00 bits per heavy atom. The van der Waals surface area contributed by atoms with Gasteiger partial charge in [0.15, 0.2) is 0 Å². The second-order valence-corrected chi connectivity index (χ2v) is 6.84. The van der Waals surface area contributed by atoms with Crippen LogP contribution in [-0.2, 0) is 11.2 Å². The zero-order valence-corrected chi connectivity index (χ0v) is 14.9. The van der Waals surface area contributed by atoms with Gasteiger partial charge >= 0.3 is 0 Å². The lowest BCUT2D eigenvalue weighted by Gasteiger charge is -2.35. The van der Waals surface area contributed by atoms with Gasteiger partial charge in [-0.3, -0.25) is 0 Å². The van der Waals surface area contributed by atoms with E-state index >= 15 is 0 Å². The number of anilines is 2. The lowest BCUT2D eigenvalue weighted by atomic mass is 10.2. The third kappa shape index (κ3) is 3.77. The summed E-state index contributed by atoms with van der Waals surface area (Å²) in [5.41, 5.74) is 1.27. The molecule has 0 unspecified atom stereocenters. The van der Waals surface area contributed by atoms with Gasteiger partial charge in [0.1, 0.15) is 5.82 Å². The molecular formula is C15H19BrN4OS. The lowest BCUT2D eigenvalue weighted by Crippen LogP contribution is -2.46. The van der Waals surface area contributed by atoms with E-state index in [-0.39, 0.29) is 0 Å². The van der Waals surface area contributed by atoms with E-state index in [1.165, 1.54) is 17.2 Å². The molecule has 0 N–H and O–H groups in total. The van der Waals surface area contributed by atoms with Crippen molar-refractivity contribution in [1.82, 2.24) is 9.36 Å². The molecule has 0 atom stereocenters. The van der Waals surface area contributed by atoms with E-state index < -0.39 is 0 Å². The van der Waals surface area contributed by atoms with Crippen LogP contribution in [-0.4, -0.2) is 49.3 Å². The second kappa shape index (κ2) is 7.39. The third-order valence-corrected chi connectivity index (χ3v) is 5.02. The summed E-state index contributed by atoms with van der Waals surface area (Å²) in [5.74, 6) is 0.885. The smallest absolute Gasteiger partial charge is 0.205 e. The molecular weight excluding hydrogens is 364 g/mol. The quantitative estimate of drug-likeness (QED) is 0.794. The summed E-state index contributed by atoms with van der Waals surface area (Å²) in [5, 5.41) is 1.03. The van der Waals surface area contributed by atoms with Gasteiger partial charge < -0.3 is 14.5 Å². The Kier molecular flexibility index (Phi) is 5.28. The zero-order valence-electron chi connectivity index (χ0n) is 12.5. The van der Waals surface area contributed by atoms with Crippen molar-refractivity contribution >= 4 is 38.3 Å². The molecule has 0 saturated carbocycles. The highest BCUT2D eigenvalue weighted by molar-refractivity contribution is 9.10. The van der Waals surface area contributed by atoms with Crippen molar-refractivity contribution in [2.75, 3.05) is 49.7 Å². The van der Waals surface area contributed by atoms with Gasteiger partial charge in [0.2, 0.25) is 5.13 Å². The number of ether oxygens (including phenoxy) is 1. The summed E-state index contributed by atoms with van der Waals surface area (Å²) in [7, 11) is 1.70. The van der Waals surface area contributed by atoms with E-state index in [1.807, 2.05) is 0 Å². The molecule has 1 aliphatic rings. The number of piperazine rings is 1. The normalized spacial score (nSPS) is 15.4. The Bertz CT molecular complexity index is 613. The Hall–Kier alpha value is -1.18.